The molecule has 5 heterocycles. The Hall–Kier alpha value is -2.85. The summed E-state index contributed by atoms with van der Waals surface area (Å²) < 4.78 is 6.57. The van der Waals surface area contributed by atoms with Crippen molar-refractivity contribution < 1.29 is 14.6 Å². The van der Waals surface area contributed by atoms with Crippen LogP contribution in [0.4, 0.5) is 0 Å². The third-order valence-corrected chi connectivity index (χ3v) is 7.28. The molecule has 3 aliphatic rings. The molecule has 5 rings (SSSR count). The fourth-order valence-corrected chi connectivity index (χ4v) is 5.17. The molecule has 2 aromatic rings. The smallest absolute Gasteiger partial charge is 0.333 e. The number of nitrogens with zero attached hydrogens (tertiary/aromatic N) is 7. The summed E-state index contributed by atoms with van der Waals surface area (Å²) in [6.07, 6.45) is 7.16. The van der Waals surface area contributed by atoms with E-state index in [4.69, 9.17) is 4.74 Å². The average molecular weight is 440 g/mol. The van der Waals surface area contributed by atoms with Crippen LogP contribution in [0.5, 0.6) is 0 Å². The standard InChI is InChI=1S/C22H29N7O3/c1-16-18(2-3-20(24-16)29-15-23-25-26-29)19(30)13-27-8-4-22(5-9-27)6-10-28(11-7-22)17-12-21(31)32-14-17/h2-3,12,15,19,30H,4-11,13-14H2,1H3/t19-/m0/s1. The summed E-state index contributed by atoms with van der Waals surface area (Å²) in [6.45, 7) is 6.91. The van der Waals surface area contributed by atoms with Gasteiger partial charge in [0, 0.05) is 37.0 Å². The van der Waals surface area contributed by atoms with E-state index in [1.807, 2.05) is 19.1 Å². The summed E-state index contributed by atoms with van der Waals surface area (Å²) >= 11 is 0. The molecule has 10 heteroatoms. The van der Waals surface area contributed by atoms with Gasteiger partial charge >= 0.3 is 5.97 Å². The van der Waals surface area contributed by atoms with E-state index in [0.29, 0.717) is 24.4 Å². The van der Waals surface area contributed by atoms with E-state index in [9.17, 15) is 9.90 Å². The molecule has 1 N–H and O–H groups in total. The van der Waals surface area contributed by atoms with Crippen LogP contribution in [0.25, 0.3) is 5.82 Å². The molecule has 170 valence electrons. The van der Waals surface area contributed by atoms with Crippen LogP contribution in [-0.2, 0) is 9.53 Å². The number of β-amino-alcohol motifs (C(OH)–C–C–N with tert-alkyl or cyclic N) is 1. The van der Waals surface area contributed by atoms with Crippen LogP contribution < -0.4 is 0 Å². The largest absolute Gasteiger partial charge is 0.456 e. The number of tetrazole rings is 1. The maximum Gasteiger partial charge on any atom is 0.333 e. The van der Waals surface area contributed by atoms with Crippen LogP contribution in [0.2, 0.25) is 0 Å². The Labute approximate surface area is 186 Å². The van der Waals surface area contributed by atoms with Crippen molar-refractivity contribution in [2.24, 2.45) is 5.41 Å². The molecule has 0 radical (unpaired) electrons. The van der Waals surface area contributed by atoms with E-state index >= 15 is 0 Å². The SMILES string of the molecule is Cc1nc(-n2cnnn2)ccc1[C@@H](O)CN1CCC2(CC1)CCN(C1=CC(=O)OC1)CC2. The zero-order valence-electron chi connectivity index (χ0n) is 18.4. The Balaban J connectivity index is 1.14. The van der Waals surface area contributed by atoms with Gasteiger partial charge in [-0.3, -0.25) is 0 Å². The van der Waals surface area contributed by atoms with E-state index in [1.54, 1.807) is 6.08 Å². The van der Waals surface area contributed by atoms with E-state index in [-0.39, 0.29) is 5.97 Å². The van der Waals surface area contributed by atoms with Crippen molar-refractivity contribution in [1.29, 1.82) is 0 Å². The number of aliphatic hydroxyl groups is 1. The minimum atomic E-state index is -0.576. The molecular formula is C22H29N7O3. The van der Waals surface area contributed by atoms with Gasteiger partial charge < -0.3 is 19.6 Å². The summed E-state index contributed by atoms with van der Waals surface area (Å²) in [5.41, 5.74) is 3.04. The molecule has 0 unspecified atom stereocenters. The first kappa shape index (κ1) is 21.0. The minimum Gasteiger partial charge on any atom is -0.456 e. The number of likely N-dealkylation sites (tertiary alicyclic amines) is 2. The molecule has 1 spiro atoms. The Bertz CT molecular complexity index is 989. The lowest BCUT2D eigenvalue weighted by atomic mass is 9.71. The molecule has 2 fully saturated rings. The van der Waals surface area contributed by atoms with Crippen molar-refractivity contribution in [2.75, 3.05) is 39.3 Å². The van der Waals surface area contributed by atoms with Crippen LogP contribution in [0.3, 0.4) is 0 Å². The average Bonchev–Trinajstić information content (AvgIpc) is 3.48. The Morgan fingerprint density at radius 3 is 2.53 bits per heavy atom. The van der Waals surface area contributed by atoms with Crippen molar-refractivity contribution in [1.82, 2.24) is 35.0 Å². The van der Waals surface area contributed by atoms with Crippen molar-refractivity contribution in [3.05, 3.63) is 41.5 Å². The molecule has 2 aromatic heterocycles. The number of ether oxygens (including phenoxy) is 1. The number of esters is 1. The van der Waals surface area contributed by atoms with Gasteiger partial charge in [-0.15, -0.1) is 5.10 Å². The van der Waals surface area contributed by atoms with Gasteiger partial charge in [-0.25, -0.2) is 9.78 Å². The summed E-state index contributed by atoms with van der Waals surface area (Å²) in [6, 6.07) is 3.75. The first-order chi connectivity index (χ1) is 15.5. The van der Waals surface area contributed by atoms with E-state index in [2.05, 4.69) is 30.3 Å². The maximum atomic E-state index is 11.3. The fraction of sp³-hybridized carbons (Fsp3) is 0.591. The number of hydrogen-bond donors (Lipinski definition) is 1. The highest BCUT2D eigenvalue weighted by molar-refractivity contribution is 5.85. The van der Waals surface area contributed by atoms with Crippen LogP contribution >= 0.6 is 0 Å². The van der Waals surface area contributed by atoms with Gasteiger partial charge in [0.1, 0.15) is 12.9 Å². The van der Waals surface area contributed by atoms with Crippen LogP contribution in [0.1, 0.15) is 43.0 Å². The number of pyridine rings is 1. The third-order valence-electron chi connectivity index (χ3n) is 7.28. The van der Waals surface area contributed by atoms with Crippen molar-refractivity contribution in [3.8, 4) is 5.82 Å². The van der Waals surface area contributed by atoms with Gasteiger partial charge in [-0.1, -0.05) is 6.07 Å². The summed E-state index contributed by atoms with van der Waals surface area (Å²) in [4.78, 5) is 20.6. The molecule has 3 aliphatic heterocycles. The minimum absolute atomic E-state index is 0.220. The van der Waals surface area contributed by atoms with Gasteiger partial charge in [0.25, 0.3) is 0 Å². The number of rotatable bonds is 5. The first-order valence-corrected chi connectivity index (χ1v) is 11.2. The van der Waals surface area contributed by atoms with Gasteiger partial charge in [-0.2, -0.15) is 4.68 Å². The van der Waals surface area contributed by atoms with Gasteiger partial charge in [0.15, 0.2) is 5.82 Å². The second-order valence-electron chi connectivity index (χ2n) is 9.15. The second kappa shape index (κ2) is 8.59. The highest BCUT2D eigenvalue weighted by atomic mass is 16.5. The zero-order chi connectivity index (χ0) is 22.1. The molecule has 10 nitrogen and oxygen atoms in total. The molecule has 0 amide bonds. The predicted molar refractivity (Wildman–Crippen MR) is 115 cm³/mol. The van der Waals surface area contributed by atoms with Gasteiger partial charge in [0.2, 0.25) is 0 Å². The highest BCUT2D eigenvalue weighted by Crippen LogP contribution is 2.42. The van der Waals surface area contributed by atoms with E-state index in [1.165, 1.54) is 11.0 Å². The lowest BCUT2D eigenvalue weighted by Crippen LogP contribution is -2.47. The third kappa shape index (κ3) is 4.24. The van der Waals surface area contributed by atoms with Crippen molar-refractivity contribution >= 4 is 5.97 Å². The first-order valence-electron chi connectivity index (χ1n) is 11.2. The number of piperidine rings is 2. The number of cyclic esters (lactones) is 1. The molecule has 0 aliphatic carbocycles. The number of carbonyl (C=O) groups excluding carboxylic acids is 1. The quantitative estimate of drug-likeness (QED) is 0.683. The van der Waals surface area contributed by atoms with Crippen molar-refractivity contribution in [3.63, 3.8) is 0 Å². The molecule has 2 saturated heterocycles. The van der Waals surface area contributed by atoms with Crippen molar-refractivity contribution in [2.45, 2.75) is 38.7 Å². The Kier molecular flexibility index (Phi) is 5.64. The van der Waals surface area contributed by atoms with Crippen LogP contribution in [0.15, 0.2) is 30.2 Å². The Morgan fingerprint density at radius 1 is 1.16 bits per heavy atom. The van der Waals surface area contributed by atoms with Crippen LogP contribution in [0, 0.1) is 12.3 Å². The highest BCUT2D eigenvalue weighted by Gasteiger charge is 2.38. The number of hydrogen-bond acceptors (Lipinski definition) is 9. The second-order valence-corrected chi connectivity index (χ2v) is 9.15. The fourth-order valence-electron chi connectivity index (χ4n) is 5.17. The van der Waals surface area contributed by atoms with Gasteiger partial charge in [-0.05, 0) is 67.6 Å². The lowest BCUT2D eigenvalue weighted by Gasteiger charge is -2.47. The normalized spacial score (nSPS) is 22.1. The monoisotopic (exact) mass is 439 g/mol. The predicted octanol–water partition coefficient (Wildman–Crippen LogP) is 1.02. The molecule has 0 bridgehead atoms. The number of carbonyl (C=O) groups is 1. The summed E-state index contributed by atoms with van der Waals surface area (Å²) in [7, 11) is 0. The summed E-state index contributed by atoms with van der Waals surface area (Å²) in [5, 5.41) is 22.0. The van der Waals surface area contributed by atoms with Crippen LogP contribution in [-0.4, -0.2) is 85.4 Å². The maximum absolute atomic E-state index is 11.3. The topological polar surface area (TPSA) is 109 Å². The number of aryl methyl sites for hydroxylation is 1. The molecular weight excluding hydrogens is 410 g/mol. The molecule has 0 saturated carbocycles. The number of aliphatic hydroxyl groups excluding tert-OH is 1. The van der Waals surface area contributed by atoms with E-state index in [0.717, 1.165) is 68.8 Å². The number of aromatic nitrogens is 5. The Morgan fingerprint density at radius 2 is 1.91 bits per heavy atom. The molecule has 0 aromatic carbocycles. The van der Waals surface area contributed by atoms with E-state index < -0.39 is 6.10 Å². The van der Waals surface area contributed by atoms with Gasteiger partial charge in [0.05, 0.1) is 11.8 Å². The molecule has 32 heavy (non-hydrogen) atoms. The lowest BCUT2D eigenvalue weighted by molar-refractivity contribution is -0.135. The molecule has 1 atom stereocenters. The summed E-state index contributed by atoms with van der Waals surface area (Å²) in [5.74, 6) is 0.418. The zero-order valence-corrected chi connectivity index (χ0v) is 18.4.